The Balaban J connectivity index is 2.50. The number of nitrogen functional groups attached to an aromatic ring is 1. The van der Waals surface area contributed by atoms with Crippen LogP contribution in [0.25, 0.3) is 11.0 Å². The van der Waals surface area contributed by atoms with Gasteiger partial charge in [0.25, 0.3) is 0 Å². The van der Waals surface area contributed by atoms with Crippen LogP contribution in [0, 0.1) is 0 Å². The van der Waals surface area contributed by atoms with Crippen LogP contribution in [0.15, 0.2) is 18.2 Å². The fourth-order valence-electron chi connectivity index (χ4n) is 1.90. The number of thioether (sulfide) groups is 1. The predicted octanol–water partition coefficient (Wildman–Crippen LogP) is 2.54. The van der Waals surface area contributed by atoms with Crippen molar-refractivity contribution in [2.75, 3.05) is 17.7 Å². The summed E-state index contributed by atoms with van der Waals surface area (Å²) in [4.78, 5) is 4.62. The minimum Gasteiger partial charge on any atom is -0.399 e. The predicted molar refractivity (Wildman–Crippen MR) is 71.9 cm³/mol. The van der Waals surface area contributed by atoms with Crippen LogP contribution in [0.4, 0.5) is 5.69 Å². The summed E-state index contributed by atoms with van der Waals surface area (Å²) in [6.45, 7) is 3.16. The summed E-state index contributed by atoms with van der Waals surface area (Å²) >= 11 is 1.86. The summed E-state index contributed by atoms with van der Waals surface area (Å²) in [5, 5.41) is 0. The lowest BCUT2D eigenvalue weighted by Crippen LogP contribution is -2.04. The standard InChI is InChI=1S/C12H17N3S/c1-3-12-14-10-8-9(13)4-5-11(10)15(12)6-7-16-2/h4-5,8H,3,6-7,13H2,1-2H3. The second kappa shape index (κ2) is 4.78. The Labute approximate surface area is 100 Å². The van der Waals surface area contributed by atoms with E-state index in [1.165, 1.54) is 5.52 Å². The van der Waals surface area contributed by atoms with Gasteiger partial charge in [-0.1, -0.05) is 6.92 Å². The normalized spacial score (nSPS) is 11.1. The second-order valence-corrected chi connectivity index (χ2v) is 4.76. The zero-order valence-corrected chi connectivity index (χ0v) is 10.5. The van der Waals surface area contributed by atoms with E-state index in [1.54, 1.807) is 0 Å². The highest BCUT2D eigenvalue weighted by Gasteiger charge is 2.08. The maximum Gasteiger partial charge on any atom is 0.109 e. The third kappa shape index (κ3) is 2.02. The van der Waals surface area contributed by atoms with E-state index in [4.69, 9.17) is 5.73 Å². The molecule has 0 saturated heterocycles. The molecule has 2 aromatic rings. The van der Waals surface area contributed by atoms with Crippen LogP contribution in [0.2, 0.25) is 0 Å². The SMILES string of the molecule is CCc1nc2cc(N)ccc2n1CCSC. The fourth-order valence-corrected chi connectivity index (χ4v) is 2.26. The van der Waals surface area contributed by atoms with E-state index in [-0.39, 0.29) is 0 Å². The molecule has 0 aliphatic heterocycles. The van der Waals surface area contributed by atoms with Crippen LogP contribution in [-0.4, -0.2) is 21.6 Å². The van der Waals surface area contributed by atoms with Crippen molar-refractivity contribution < 1.29 is 0 Å². The molecule has 0 spiro atoms. The zero-order valence-electron chi connectivity index (χ0n) is 9.73. The highest BCUT2D eigenvalue weighted by atomic mass is 32.2. The lowest BCUT2D eigenvalue weighted by Gasteiger charge is -2.06. The van der Waals surface area contributed by atoms with Gasteiger partial charge in [-0.2, -0.15) is 11.8 Å². The molecule has 0 aliphatic carbocycles. The number of anilines is 1. The van der Waals surface area contributed by atoms with E-state index >= 15 is 0 Å². The molecule has 1 aromatic heterocycles. The van der Waals surface area contributed by atoms with Gasteiger partial charge in [0.05, 0.1) is 11.0 Å². The minimum absolute atomic E-state index is 0.782. The lowest BCUT2D eigenvalue weighted by atomic mass is 10.3. The molecule has 16 heavy (non-hydrogen) atoms. The Morgan fingerprint density at radius 2 is 2.25 bits per heavy atom. The van der Waals surface area contributed by atoms with Gasteiger partial charge in [-0.25, -0.2) is 4.98 Å². The molecule has 0 radical (unpaired) electrons. The van der Waals surface area contributed by atoms with Gasteiger partial charge in [-0.15, -0.1) is 0 Å². The van der Waals surface area contributed by atoms with Crippen molar-refractivity contribution >= 4 is 28.5 Å². The van der Waals surface area contributed by atoms with Crippen molar-refractivity contribution in [2.45, 2.75) is 19.9 Å². The van der Waals surface area contributed by atoms with Crippen molar-refractivity contribution in [3.8, 4) is 0 Å². The number of aryl methyl sites for hydroxylation is 2. The lowest BCUT2D eigenvalue weighted by molar-refractivity contribution is 0.733. The number of aromatic nitrogens is 2. The maximum absolute atomic E-state index is 5.77. The second-order valence-electron chi connectivity index (χ2n) is 3.77. The number of fused-ring (bicyclic) bond motifs is 1. The van der Waals surface area contributed by atoms with Crippen LogP contribution < -0.4 is 5.73 Å². The molecule has 1 heterocycles. The van der Waals surface area contributed by atoms with Gasteiger partial charge < -0.3 is 10.3 Å². The first-order chi connectivity index (χ1) is 7.76. The zero-order chi connectivity index (χ0) is 11.5. The Kier molecular flexibility index (Phi) is 3.39. The van der Waals surface area contributed by atoms with E-state index in [1.807, 2.05) is 23.9 Å². The van der Waals surface area contributed by atoms with Crippen molar-refractivity contribution in [3.63, 3.8) is 0 Å². The summed E-state index contributed by atoms with van der Waals surface area (Å²) in [6, 6.07) is 5.96. The highest BCUT2D eigenvalue weighted by Crippen LogP contribution is 2.19. The molecule has 3 nitrogen and oxygen atoms in total. The number of nitrogens with zero attached hydrogens (tertiary/aromatic N) is 2. The van der Waals surface area contributed by atoms with Gasteiger partial charge in [0, 0.05) is 24.4 Å². The van der Waals surface area contributed by atoms with Gasteiger partial charge in [0.2, 0.25) is 0 Å². The van der Waals surface area contributed by atoms with Crippen LogP contribution in [-0.2, 0) is 13.0 Å². The Hall–Kier alpha value is -1.16. The smallest absolute Gasteiger partial charge is 0.109 e. The molecule has 0 aliphatic rings. The van der Waals surface area contributed by atoms with Crippen molar-refractivity contribution in [1.29, 1.82) is 0 Å². The first-order valence-corrected chi connectivity index (χ1v) is 6.89. The molecule has 0 unspecified atom stereocenters. The van der Waals surface area contributed by atoms with Crippen LogP contribution in [0.3, 0.4) is 0 Å². The van der Waals surface area contributed by atoms with E-state index < -0.39 is 0 Å². The van der Waals surface area contributed by atoms with Gasteiger partial charge in [-0.05, 0) is 24.5 Å². The van der Waals surface area contributed by atoms with Crippen molar-refractivity contribution in [2.24, 2.45) is 0 Å². The van der Waals surface area contributed by atoms with E-state index in [0.717, 1.165) is 35.7 Å². The quantitative estimate of drug-likeness (QED) is 0.828. The molecule has 1 aromatic carbocycles. The average molecular weight is 235 g/mol. The Bertz CT molecular complexity index is 490. The number of imidazole rings is 1. The van der Waals surface area contributed by atoms with E-state index in [9.17, 15) is 0 Å². The average Bonchev–Trinajstić information content (AvgIpc) is 2.63. The summed E-state index contributed by atoms with van der Waals surface area (Å²) in [7, 11) is 0. The van der Waals surface area contributed by atoms with Crippen LogP contribution in [0.5, 0.6) is 0 Å². The fraction of sp³-hybridized carbons (Fsp3) is 0.417. The molecule has 86 valence electrons. The molecule has 0 atom stereocenters. The molecular weight excluding hydrogens is 218 g/mol. The molecule has 0 saturated carbocycles. The summed E-state index contributed by atoms with van der Waals surface area (Å²) in [5.41, 5.74) is 8.76. The van der Waals surface area contributed by atoms with Crippen molar-refractivity contribution in [3.05, 3.63) is 24.0 Å². The molecule has 2 N–H and O–H groups in total. The third-order valence-corrected chi connectivity index (χ3v) is 3.28. The van der Waals surface area contributed by atoms with Gasteiger partial charge in [0.1, 0.15) is 5.82 Å². The van der Waals surface area contributed by atoms with Gasteiger partial charge in [-0.3, -0.25) is 0 Å². The number of nitrogens with two attached hydrogens (primary N) is 1. The third-order valence-electron chi connectivity index (χ3n) is 2.69. The Morgan fingerprint density at radius 1 is 1.44 bits per heavy atom. The molecule has 0 amide bonds. The summed E-state index contributed by atoms with van der Waals surface area (Å²) < 4.78 is 2.30. The van der Waals surface area contributed by atoms with Gasteiger partial charge >= 0.3 is 0 Å². The van der Waals surface area contributed by atoms with E-state index in [0.29, 0.717) is 0 Å². The molecular formula is C12H17N3S. The molecule has 2 rings (SSSR count). The Morgan fingerprint density at radius 3 is 2.94 bits per heavy atom. The first kappa shape index (κ1) is 11.3. The van der Waals surface area contributed by atoms with E-state index in [2.05, 4.69) is 28.8 Å². The number of hydrogen-bond acceptors (Lipinski definition) is 3. The molecule has 0 fully saturated rings. The van der Waals surface area contributed by atoms with Crippen LogP contribution in [0.1, 0.15) is 12.7 Å². The number of hydrogen-bond donors (Lipinski definition) is 1. The first-order valence-electron chi connectivity index (χ1n) is 5.49. The monoisotopic (exact) mass is 235 g/mol. The van der Waals surface area contributed by atoms with Crippen molar-refractivity contribution in [1.82, 2.24) is 9.55 Å². The highest BCUT2D eigenvalue weighted by molar-refractivity contribution is 7.98. The minimum atomic E-state index is 0.782. The molecule has 0 bridgehead atoms. The summed E-state index contributed by atoms with van der Waals surface area (Å²) in [6.07, 6.45) is 3.09. The topological polar surface area (TPSA) is 43.8 Å². The van der Waals surface area contributed by atoms with Crippen LogP contribution >= 0.6 is 11.8 Å². The number of rotatable bonds is 4. The number of benzene rings is 1. The molecule has 4 heteroatoms. The largest absolute Gasteiger partial charge is 0.399 e. The van der Waals surface area contributed by atoms with Gasteiger partial charge in [0.15, 0.2) is 0 Å². The summed E-state index contributed by atoms with van der Waals surface area (Å²) in [5.74, 6) is 2.26. The maximum atomic E-state index is 5.77.